The van der Waals surface area contributed by atoms with Crippen LogP contribution in [0.4, 0.5) is 0 Å². The van der Waals surface area contributed by atoms with Crippen molar-refractivity contribution < 1.29 is 16.8 Å². The quantitative estimate of drug-likeness (QED) is 0.605. The molecule has 0 amide bonds. The Bertz CT molecular complexity index is 769. The van der Waals surface area contributed by atoms with Gasteiger partial charge in [-0.25, -0.2) is 16.8 Å². The van der Waals surface area contributed by atoms with E-state index in [2.05, 4.69) is 10.00 Å². The number of hydrogen-bond donors (Lipinski definition) is 0. The molecule has 0 radical (unpaired) electrons. The Hall–Kier alpha value is -0.970. The smallest absolute Gasteiger partial charge is 0.246 e. The van der Waals surface area contributed by atoms with E-state index in [1.807, 2.05) is 20.8 Å². The summed E-state index contributed by atoms with van der Waals surface area (Å²) in [5, 5.41) is 4.05. The Balaban J connectivity index is 2.29. The van der Waals surface area contributed by atoms with Gasteiger partial charge in [0.2, 0.25) is 10.0 Å². The van der Waals surface area contributed by atoms with Gasteiger partial charge in [0, 0.05) is 31.9 Å². The van der Waals surface area contributed by atoms with Crippen LogP contribution in [0.5, 0.6) is 0 Å². The Morgan fingerprint density at radius 2 is 1.92 bits per heavy atom. The number of sulfonamides is 1. The Morgan fingerprint density at radius 3 is 2.40 bits per heavy atom. The first-order chi connectivity index (χ1) is 11.7. The van der Waals surface area contributed by atoms with Gasteiger partial charge in [-0.1, -0.05) is 13.8 Å². The second-order valence-corrected chi connectivity index (χ2v) is 10.4. The summed E-state index contributed by atoms with van der Waals surface area (Å²) in [6.45, 7) is 8.99. The minimum atomic E-state index is -3.78. The van der Waals surface area contributed by atoms with Crippen LogP contribution in [0.25, 0.3) is 0 Å². The first-order valence-electron chi connectivity index (χ1n) is 8.70. The second kappa shape index (κ2) is 8.15. The van der Waals surface area contributed by atoms with Gasteiger partial charge in [0.05, 0.1) is 17.7 Å². The summed E-state index contributed by atoms with van der Waals surface area (Å²) in [6.07, 6.45) is 3.19. The zero-order valence-electron chi connectivity index (χ0n) is 15.1. The minimum Gasteiger partial charge on any atom is -0.303 e. The summed E-state index contributed by atoms with van der Waals surface area (Å²) in [4.78, 5) is 2.25. The van der Waals surface area contributed by atoms with E-state index in [9.17, 15) is 16.8 Å². The third-order valence-corrected chi connectivity index (χ3v) is 8.34. The maximum atomic E-state index is 13.1. The van der Waals surface area contributed by atoms with E-state index in [-0.39, 0.29) is 22.9 Å². The molecule has 10 heteroatoms. The summed E-state index contributed by atoms with van der Waals surface area (Å²) in [5.41, 5.74) is 0. The number of aryl methyl sites for hydroxylation is 1. The highest BCUT2D eigenvalue weighted by Crippen LogP contribution is 2.24. The van der Waals surface area contributed by atoms with Crippen molar-refractivity contribution >= 4 is 19.9 Å². The molecule has 1 aromatic rings. The summed E-state index contributed by atoms with van der Waals surface area (Å²) < 4.78 is 52.9. The molecule has 0 spiro atoms. The SMILES string of the molecule is CCN(CC)CCN([C@H]1CCS(=O)(=O)C1)S(=O)(=O)c1cnn(CC)c1. The van der Waals surface area contributed by atoms with Gasteiger partial charge in [-0.05, 0) is 26.4 Å². The van der Waals surface area contributed by atoms with E-state index >= 15 is 0 Å². The van der Waals surface area contributed by atoms with Gasteiger partial charge < -0.3 is 4.90 Å². The highest BCUT2D eigenvalue weighted by atomic mass is 32.2. The van der Waals surface area contributed by atoms with E-state index in [1.165, 1.54) is 16.7 Å². The standard InChI is InChI=1S/C15H28N4O4S2/c1-4-17(5-2)8-9-19(14-7-10-24(20,21)13-14)25(22,23)15-11-16-18(6-3)12-15/h11-12,14H,4-10,13H2,1-3H3/t14-/m0/s1. The Morgan fingerprint density at radius 1 is 1.24 bits per heavy atom. The fourth-order valence-corrected chi connectivity index (χ4v) is 6.49. The highest BCUT2D eigenvalue weighted by Gasteiger charge is 2.39. The average molecular weight is 393 g/mol. The molecule has 8 nitrogen and oxygen atoms in total. The van der Waals surface area contributed by atoms with Crippen LogP contribution in [0.3, 0.4) is 0 Å². The maximum Gasteiger partial charge on any atom is 0.246 e. The first-order valence-corrected chi connectivity index (χ1v) is 12.0. The third-order valence-electron chi connectivity index (χ3n) is 4.69. The number of nitrogens with zero attached hydrogens (tertiary/aromatic N) is 4. The Kier molecular flexibility index (Phi) is 6.63. The van der Waals surface area contributed by atoms with Crippen LogP contribution in [0.1, 0.15) is 27.2 Å². The summed E-state index contributed by atoms with van der Waals surface area (Å²) >= 11 is 0. The van der Waals surface area contributed by atoms with Crippen LogP contribution in [0, 0.1) is 0 Å². The molecule has 2 rings (SSSR count). The van der Waals surface area contributed by atoms with Gasteiger partial charge in [0.15, 0.2) is 9.84 Å². The molecule has 1 fully saturated rings. The van der Waals surface area contributed by atoms with Gasteiger partial charge in [0.25, 0.3) is 0 Å². The first kappa shape index (κ1) is 20.3. The van der Waals surface area contributed by atoms with Crippen molar-refractivity contribution in [3.05, 3.63) is 12.4 Å². The molecule has 1 aliphatic rings. The van der Waals surface area contributed by atoms with Gasteiger partial charge in [0.1, 0.15) is 4.90 Å². The third kappa shape index (κ3) is 4.81. The summed E-state index contributed by atoms with van der Waals surface area (Å²) in [6, 6.07) is -0.504. The van der Waals surface area contributed by atoms with Crippen LogP contribution in [-0.2, 0) is 26.4 Å². The van der Waals surface area contributed by atoms with Crippen LogP contribution >= 0.6 is 0 Å². The molecule has 0 bridgehead atoms. The molecule has 1 aliphatic heterocycles. The lowest BCUT2D eigenvalue weighted by Gasteiger charge is -2.29. The lowest BCUT2D eigenvalue weighted by atomic mass is 10.2. The Labute approximate surface area is 150 Å². The zero-order chi connectivity index (χ0) is 18.7. The van der Waals surface area contributed by atoms with Crippen molar-refractivity contribution in [2.24, 2.45) is 0 Å². The maximum absolute atomic E-state index is 13.1. The fourth-order valence-electron chi connectivity index (χ4n) is 3.07. The molecule has 25 heavy (non-hydrogen) atoms. The minimum absolute atomic E-state index is 0.0448. The number of hydrogen-bond acceptors (Lipinski definition) is 6. The van der Waals surface area contributed by atoms with Crippen LogP contribution < -0.4 is 0 Å². The van der Waals surface area contributed by atoms with Crippen LogP contribution in [-0.4, -0.2) is 79.5 Å². The molecule has 0 unspecified atom stereocenters. The molecular weight excluding hydrogens is 364 g/mol. The van der Waals surface area contributed by atoms with Crippen LogP contribution in [0.2, 0.25) is 0 Å². The molecule has 0 N–H and O–H groups in total. The molecule has 1 atom stereocenters. The van der Waals surface area contributed by atoms with Crippen molar-refractivity contribution in [1.29, 1.82) is 0 Å². The molecule has 1 saturated heterocycles. The van der Waals surface area contributed by atoms with Crippen molar-refractivity contribution in [2.75, 3.05) is 37.7 Å². The van der Waals surface area contributed by atoms with Crippen molar-refractivity contribution in [1.82, 2.24) is 19.0 Å². The molecule has 0 aromatic carbocycles. The van der Waals surface area contributed by atoms with E-state index < -0.39 is 25.9 Å². The molecule has 0 aliphatic carbocycles. The number of likely N-dealkylation sites (N-methyl/N-ethyl adjacent to an activating group) is 1. The fraction of sp³-hybridized carbons (Fsp3) is 0.800. The van der Waals surface area contributed by atoms with Gasteiger partial charge >= 0.3 is 0 Å². The number of rotatable bonds is 9. The van der Waals surface area contributed by atoms with Crippen LogP contribution in [0.15, 0.2) is 17.3 Å². The number of aromatic nitrogens is 2. The molecule has 2 heterocycles. The lowest BCUT2D eigenvalue weighted by molar-refractivity contribution is 0.250. The molecular formula is C15H28N4O4S2. The van der Waals surface area contributed by atoms with Gasteiger partial charge in [-0.15, -0.1) is 0 Å². The van der Waals surface area contributed by atoms with Gasteiger partial charge in [-0.2, -0.15) is 9.40 Å². The second-order valence-electron chi connectivity index (χ2n) is 6.23. The normalized spacial score (nSPS) is 20.6. The van der Waals surface area contributed by atoms with E-state index in [0.29, 0.717) is 19.5 Å². The van der Waals surface area contributed by atoms with Crippen molar-refractivity contribution in [3.8, 4) is 0 Å². The predicted octanol–water partition coefficient (Wildman–Crippen LogP) is 0.423. The van der Waals surface area contributed by atoms with Crippen molar-refractivity contribution in [3.63, 3.8) is 0 Å². The number of sulfone groups is 1. The summed E-state index contributed by atoms with van der Waals surface area (Å²) in [7, 11) is -6.95. The largest absolute Gasteiger partial charge is 0.303 e. The molecule has 0 saturated carbocycles. The predicted molar refractivity (Wildman–Crippen MR) is 96.6 cm³/mol. The van der Waals surface area contributed by atoms with E-state index in [1.54, 1.807) is 4.68 Å². The topological polar surface area (TPSA) is 92.6 Å². The van der Waals surface area contributed by atoms with E-state index in [4.69, 9.17) is 0 Å². The lowest BCUT2D eigenvalue weighted by Crippen LogP contribution is -2.45. The summed E-state index contributed by atoms with van der Waals surface area (Å²) in [5.74, 6) is -0.0599. The van der Waals surface area contributed by atoms with Gasteiger partial charge in [-0.3, -0.25) is 4.68 Å². The van der Waals surface area contributed by atoms with Crippen molar-refractivity contribution in [2.45, 2.75) is 44.7 Å². The van der Waals surface area contributed by atoms with E-state index in [0.717, 1.165) is 13.1 Å². The monoisotopic (exact) mass is 392 g/mol. The molecule has 1 aromatic heterocycles. The average Bonchev–Trinajstić information content (AvgIpc) is 3.18. The highest BCUT2D eigenvalue weighted by molar-refractivity contribution is 7.92. The zero-order valence-corrected chi connectivity index (χ0v) is 16.8. The molecule has 144 valence electrons.